The molecule has 1 amide bonds. The Morgan fingerprint density at radius 2 is 1.94 bits per heavy atom. The average molecular weight is 250 g/mol. The van der Waals surface area contributed by atoms with Crippen molar-refractivity contribution in [2.24, 2.45) is 11.3 Å². The highest BCUT2D eigenvalue weighted by atomic mass is 16.2. The molecule has 3 nitrogen and oxygen atoms in total. The molecule has 18 heavy (non-hydrogen) atoms. The number of amides is 1. The molecule has 0 bridgehead atoms. The van der Waals surface area contributed by atoms with Gasteiger partial charge in [0.05, 0.1) is 12.2 Å². The van der Waals surface area contributed by atoms with Crippen LogP contribution in [0.5, 0.6) is 0 Å². The minimum absolute atomic E-state index is 0.0271. The van der Waals surface area contributed by atoms with Crippen LogP contribution in [-0.4, -0.2) is 29.6 Å². The van der Waals surface area contributed by atoms with Gasteiger partial charge in [0.2, 0.25) is 5.91 Å². The fourth-order valence-corrected chi connectivity index (χ4v) is 3.99. The van der Waals surface area contributed by atoms with E-state index in [1.165, 1.54) is 44.9 Å². The van der Waals surface area contributed by atoms with Crippen LogP contribution in [0, 0.1) is 11.3 Å². The van der Waals surface area contributed by atoms with Crippen LogP contribution in [-0.2, 0) is 4.79 Å². The number of rotatable bonds is 3. The lowest BCUT2D eigenvalue weighted by atomic mass is 9.70. The Morgan fingerprint density at radius 3 is 2.50 bits per heavy atom. The first kappa shape index (κ1) is 12.5. The summed E-state index contributed by atoms with van der Waals surface area (Å²) in [5, 5.41) is 3.54. The van der Waals surface area contributed by atoms with E-state index >= 15 is 0 Å². The van der Waals surface area contributed by atoms with Crippen molar-refractivity contribution < 1.29 is 4.79 Å². The number of carbonyl (C=O) groups is 1. The predicted molar refractivity (Wildman–Crippen MR) is 72.0 cm³/mol. The molecule has 2 aliphatic carbocycles. The molecule has 2 saturated carbocycles. The summed E-state index contributed by atoms with van der Waals surface area (Å²) < 4.78 is 0. The summed E-state index contributed by atoms with van der Waals surface area (Å²) in [6.45, 7) is 5.34. The van der Waals surface area contributed by atoms with Gasteiger partial charge in [0.25, 0.3) is 0 Å². The van der Waals surface area contributed by atoms with Gasteiger partial charge in [0, 0.05) is 6.54 Å². The van der Waals surface area contributed by atoms with E-state index in [1.807, 2.05) is 6.92 Å². The number of hydrogen-bond donors (Lipinski definition) is 1. The first-order valence-corrected chi connectivity index (χ1v) is 7.66. The Bertz CT molecular complexity index is 331. The number of hydrogen-bond acceptors (Lipinski definition) is 2. The molecule has 1 heterocycles. The molecule has 0 spiro atoms. The van der Waals surface area contributed by atoms with E-state index in [9.17, 15) is 4.79 Å². The molecule has 1 aliphatic heterocycles. The largest absolute Gasteiger partial charge is 0.325 e. The van der Waals surface area contributed by atoms with Crippen molar-refractivity contribution in [1.82, 2.24) is 10.2 Å². The maximum absolute atomic E-state index is 12.4. The Morgan fingerprint density at radius 1 is 1.28 bits per heavy atom. The average Bonchev–Trinajstić information content (AvgIpc) is 2.90. The molecule has 102 valence electrons. The van der Waals surface area contributed by atoms with E-state index in [0.717, 1.165) is 6.54 Å². The highest BCUT2D eigenvalue weighted by Crippen LogP contribution is 2.43. The number of nitrogens with zero attached hydrogens (tertiary/aromatic N) is 1. The van der Waals surface area contributed by atoms with Crippen LogP contribution in [0.25, 0.3) is 0 Å². The van der Waals surface area contributed by atoms with Crippen molar-refractivity contribution >= 4 is 5.91 Å². The van der Waals surface area contributed by atoms with Crippen LogP contribution in [0.2, 0.25) is 0 Å². The fourth-order valence-electron chi connectivity index (χ4n) is 3.99. The standard InChI is InChI=1S/C15H26N2O/c1-11-14(18)17(10-15(2)8-5-9-15)13(16-11)12-6-3-4-7-12/h11-13,16H,3-10H2,1-2H3. The maximum atomic E-state index is 12.4. The Kier molecular flexibility index (Phi) is 3.13. The summed E-state index contributed by atoms with van der Waals surface area (Å²) in [4.78, 5) is 14.5. The molecular weight excluding hydrogens is 224 g/mol. The zero-order valence-electron chi connectivity index (χ0n) is 11.7. The van der Waals surface area contributed by atoms with Gasteiger partial charge in [-0.1, -0.05) is 26.2 Å². The van der Waals surface area contributed by atoms with Gasteiger partial charge < -0.3 is 4.90 Å². The molecule has 2 atom stereocenters. The van der Waals surface area contributed by atoms with Gasteiger partial charge in [0.15, 0.2) is 0 Å². The summed E-state index contributed by atoms with van der Waals surface area (Å²) in [6, 6.07) is 0.0271. The van der Waals surface area contributed by atoms with E-state index in [0.29, 0.717) is 23.4 Å². The second-order valence-corrected chi connectivity index (χ2v) is 7.01. The molecule has 1 N–H and O–H groups in total. The summed E-state index contributed by atoms with van der Waals surface area (Å²) in [5.41, 5.74) is 0.401. The summed E-state index contributed by atoms with van der Waals surface area (Å²) >= 11 is 0. The normalized spacial score (nSPS) is 36.1. The van der Waals surface area contributed by atoms with Crippen molar-refractivity contribution in [2.75, 3.05) is 6.54 Å². The first-order valence-electron chi connectivity index (χ1n) is 7.66. The molecule has 2 unspecified atom stereocenters. The predicted octanol–water partition coefficient (Wildman–Crippen LogP) is 2.51. The lowest BCUT2D eigenvalue weighted by Gasteiger charge is -2.43. The fraction of sp³-hybridized carbons (Fsp3) is 0.933. The van der Waals surface area contributed by atoms with Gasteiger partial charge in [-0.2, -0.15) is 0 Å². The zero-order valence-corrected chi connectivity index (χ0v) is 11.7. The number of nitrogens with one attached hydrogen (secondary N) is 1. The van der Waals surface area contributed by atoms with Gasteiger partial charge in [-0.15, -0.1) is 0 Å². The van der Waals surface area contributed by atoms with Crippen molar-refractivity contribution in [1.29, 1.82) is 0 Å². The van der Waals surface area contributed by atoms with Gasteiger partial charge in [-0.05, 0) is 43.9 Å². The van der Waals surface area contributed by atoms with E-state index in [4.69, 9.17) is 0 Å². The molecule has 1 saturated heterocycles. The van der Waals surface area contributed by atoms with Crippen molar-refractivity contribution in [3.63, 3.8) is 0 Å². The minimum atomic E-state index is 0.0271. The van der Waals surface area contributed by atoms with Gasteiger partial charge in [-0.3, -0.25) is 10.1 Å². The van der Waals surface area contributed by atoms with Crippen LogP contribution in [0.3, 0.4) is 0 Å². The Labute approximate surface area is 110 Å². The molecule has 0 aromatic carbocycles. The van der Waals surface area contributed by atoms with E-state index in [-0.39, 0.29) is 6.04 Å². The van der Waals surface area contributed by atoms with Crippen molar-refractivity contribution in [3.8, 4) is 0 Å². The smallest absolute Gasteiger partial charge is 0.240 e. The summed E-state index contributed by atoms with van der Waals surface area (Å²) in [6.07, 6.45) is 9.54. The summed E-state index contributed by atoms with van der Waals surface area (Å²) in [7, 11) is 0. The highest BCUT2D eigenvalue weighted by Gasteiger charge is 2.45. The van der Waals surface area contributed by atoms with Crippen LogP contribution in [0.4, 0.5) is 0 Å². The highest BCUT2D eigenvalue weighted by molar-refractivity contribution is 5.84. The molecule has 3 fully saturated rings. The van der Waals surface area contributed by atoms with Gasteiger partial charge >= 0.3 is 0 Å². The third-order valence-corrected chi connectivity index (χ3v) is 5.37. The van der Waals surface area contributed by atoms with E-state index in [2.05, 4.69) is 17.1 Å². The van der Waals surface area contributed by atoms with Gasteiger partial charge in [0.1, 0.15) is 0 Å². The Hall–Kier alpha value is -0.570. The quantitative estimate of drug-likeness (QED) is 0.834. The molecule has 0 radical (unpaired) electrons. The zero-order chi connectivity index (χ0) is 12.8. The van der Waals surface area contributed by atoms with Crippen LogP contribution < -0.4 is 5.32 Å². The molecule has 3 heteroatoms. The van der Waals surface area contributed by atoms with Crippen LogP contribution >= 0.6 is 0 Å². The first-order chi connectivity index (χ1) is 8.59. The molecule has 3 aliphatic rings. The SMILES string of the molecule is CC1NC(C2CCCC2)N(CC2(C)CCC2)C1=O. The van der Waals surface area contributed by atoms with Crippen molar-refractivity contribution in [2.45, 2.75) is 71.0 Å². The summed E-state index contributed by atoms with van der Waals surface area (Å²) in [5.74, 6) is 1.03. The second kappa shape index (κ2) is 4.52. The monoisotopic (exact) mass is 250 g/mol. The molecular formula is C15H26N2O. The van der Waals surface area contributed by atoms with E-state index < -0.39 is 0 Å². The second-order valence-electron chi connectivity index (χ2n) is 7.01. The van der Waals surface area contributed by atoms with Crippen LogP contribution in [0.15, 0.2) is 0 Å². The third kappa shape index (κ3) is 2.07. The van der Waals surface area contributed by atoms with Gasteiger partial charge in [-0.25, -0.2) is 0 Å². The van der Waals surface area contributed by atoms with E-state index in [1.54, 1.807) is 0 Å². The molecule has 0 aromatic rings. The van der Waals surface area contributed by atoms with Crippen LogP contribution in [0.1, 0.15) is 58.8 Å². The topological polar surface area (TPSA) is 32.3 Å². The lowest BCUT2D eigenvalue weighted by Crippen LogP contribution is -2.48. The molecule has 0 aromatic heterocycles. The van der Waals surface area contributed by atoms with Crippen molar-refractivity contribution in [3.05, 3.63) is 0 Å². The lowest BCUT2D eigenvalue weighted by molar-refractivity contribution is -0.132. The maximum Gasteiger partial charge on any atom is 0.240 e. The number of carbonyl (C=O) groups excluding carboxylic acids is 1. The minimum Gasteiger partial charge on any atom is -0.325 e. The Balaban J connectivity index is 1.72. The molecule has 3 rings (SSSR count). The third-order valence-electron chi connectivity index (χ3n) is 5.37.